The van der Waals surface area contributed by atoms with Gasteiger partial charge in [0.2, 0.25) is 0 Å². The number of allylic oxidation sites excluding steroid dienone is 3. The first-order valence-corrected chi connectivity index (χ1v) is 7.56. The maximum atomic E-state index is 12.1. The monoisotopic (exact) mass is 341 g/mol. The third-order valence-electron chi connectivity index (χ3n) is 3.46. The first kappa shape index (κ1) is 18.0. The van der Waals surface area contributed by atoms with Crippen LogP contribution in [0.25, 0.3) is 0 Å². The number of rotatable bonds is 8. The molecule has 0 radical (unpaired) electrons. The highest BCUT2D eigenvalue weighted by Crippen LogP contribution is 2.21. The maximum absolute atomic E-state index is 12.1. The van der Waals surface area contributed by atoms with Gasteiger partial charge in [0.1, 0.15) is 0 Å². The van der Waals surface area contributed by atoms with Gasteiger partial charge in [0.15, 0.2) is 5.82 Å². The van der Waals surface area contributed by atoms with Crippen LogP contribution in [0, 0.1) is 23.2 Å². The summed E-state index contributed by atoms with van der Waals surface area (Å²) in [6.07, 6.45) is 2.12. The summed E-state index contributed by atoms with van der Waals surface area (Å²) in [6.45, 7) is 1.72. The van der Waals surface area contributed by atoms with E-state index in [2.05, 4.69) is 26.8 Å². The van der Waals surface area contributed by atoms with E-state index in [1.807, 2.05) is 24.3 Å². The summed E-state index contributed by atoms with van der Waals surface area (Å²) >= 11 is 0. The molecule has 0 bridgehead atoms. The number of nitrogens with one attached hydrogen (secondary N) is 2. The number of hydrogen-bond donors (Lipinski definition) is 2. The molecule has 2 N–H and O–H groups in total. The Morgan fingerprint density at radius 2 is 2.04 bits per heavy atom. The van der Waals surface area contributed by atoms with Gasteiger partial charge in [-0.3, -0.25) is 0 Å². The topological polar surface area (TPSA) is 86.8 Å². The Morgan fingerprint density at radius 1 is 1.25 bits per heavy atom. The number of anilines is 1. The molecule has 130 valence electrons. The minimum atomic E-state index is -4.23. The van der Waals surface area contributed by atoms with Gasteiger partial charge in [-0.2, -0.15) is 23.4 Å². The molecule has 24 heavy (non-hydrogen) atoms. The van der Waals surface area contributed by atoms with Crippen LogP contribution in [0.1, 0.15) is 12.2 Å². The summed E-state index contributed by atoms with van der Waals surface area (Å²) in [7, 11) is 0. The van der Waals surface area contributed by atoms with Gasteiger partial charge in [-0.05, 0) is 0 Å². The summed E-state index contributed by atoms with van der Waals surface area (Å²) in [5, 5.41) is 18.6. The van der Waals surface area contributed by atoms with Gasteiger partial charge in [-0.1, -0.05) is 29.5 Å². The zero-order chi connectivity index (χ0) is 17.4. The summed E-state index contributed by atoms with van der Waals surface area (Å²) in [4.78, 5) is 3.85. The number of hydrogen-bond acceptors (Lipinski definition) is 6. The zero-order valence-electron chi connectivity index (χ0n) is 12.9. The lowest BCUT2D eigenvalue weighted by Crippen LogP contribution is -2.30. The Balaban J connectivity index is 1.63. The van der Waals surface area contributed by atoms with Crippen LogP contribution in [0.15, 0.2) is 28.8 Å². The van der Waals surface area contributed by atoms with E-state index in [9.17, 15) is 13.2 Å². The highest BCUT2D eigenvalue weighted by atomic mass is 19.4. The van der Waals surface area contributed by atoms with Crippen molar-refractivity contribution in [3.63, 3.8) is 0 Å². The van der Waals surface area contributed by atoms with E-state index in [0.29, 0.717) is 19.6 Å². The minimum Gasteiger partial charge on any atom is -0.336 e. The normalized spacial score (nSPS) is 20.1. The Labute approximate surface area is 137 Å². The van der Waals surface area contributed by atoms with Gasteiger partial charge in [0.05, 0.1) is 18.4 Å². The SMILES string of the molecule is N#CC1C=CC=CC1CNCCNc1nc(CCC(F)(F)F)no1. The Kier molecular flexibility index (Phi) is 6.37. The summed E-state index contributed by atoms with van der Waals surface area (Å²) < 4.78 is 41.1. The number of aryl methyl sites for hydroxylation is 1. The van der Waals surface area contributed by atoms with E-state index in [0.717, 1.165) is 0 Å². The molecule has 0 aliphatic heterocycles. The highest BCUT2D eigenvalue weighted by Gasteiger charge is 2.27. The number of halogens is 3. The average molecular weight is 341 g/mol. The third kappa shape index (κ3) is 6.04. The molecule has 1 aromatic heterocycles. The van der Waals surface area contributed by atoms with E-state index in [-0.39, 0.29) is 30.1 Å². The van der Waals surface area contributed by atoms with Crippen molar-refractivity contribution in [1.29, 1.82) is 5.26 Å². The predicted octanol–water partition coefficient (Wildman–Crippen LogP) is 2.45. The van der Waals surface area contributed by atoms with E-state index >= 15 is 0 Å². The van der Waals surface area contributed by atoms with Crippen molar-refractivity contribution in [2.24, 2.45) is 11.8 Å². The average Bonchev–Trinajstić information content (AvgIpc) is 3.00. The van der Waals surface area contributed by atoms with E-state index in [1.54, 1.807) is 0 Å². The molecule has 2 unspecified atom stereocenters. The fourth-order valence-corrected chi connectivity index (χ4v) is 2.19. The molecular formula is C15H18F3N5O. The molecule has 0 aromatic carbocycles. The quantitative estimate of drug-likeness (QED) is 0.706. The fraction of sp³-hybridized carbons (Fsp3) is 0.533. The number of nitrogens with zero attached hydrogens (tertiary/aromatic N) is 3. The summed E-state index contributed by atoms with van der Waals surface area (Å²) in [6, 6.07) is 2.34. The molecule has 2 atom stereocenters. The summed E-state index contributed by atoms with van der Waals surface area (Å²) in [5.74, 6) is 0.0127. The van der Waals surface area contributed by atoms with Crippen molar-refractivity contribution >= 4 is 6.01 Å². The minimum absolute atomic E-state index is 0.0266. The molecule has 0 amide bonds. The third-order valence-corrected chi connectivity index (χ3v) is 3.46. The predicted molar refractivity (Wildman–Crippen MR) is 80.9 cm³/mol. The maximum Gasteiger partial charge on any atom is 0.389 e. The largest absolute Gasteiger partial charge is 0.389 e. The first-order valence-electron chi connectivity index (χ1n) is 7.56. The van der Waals surface area contributed by atoms with E-state index < -0.39 is 12.6 Å². The molecule has 0 saturated heterocycles. The first-order chi connectivity index (χ1) is 11.5. The molecule has 1 aliphatic carbocycles. The smallest absolute Gasteiger partial charge is 0.336 e. The molecule has 6 nitrogen and oxygen atoms in total. The van der Waals surface area contributed by atoms with Crippen molar-refractivity contribution < 1.29 is 17.7 Å². The molecular weight excluding hydrogens is 323 g/mol. The zero-order valence-corrected chi connectivity index (χ0v) is 12.9. The Bertz CT molecular complexity index is 617. The number of alkyl halides is 3. The van der Waals surface area contributed by atoms with Crippen LogP contribution in [0.3, 0.4) is 0 Å². The van der Waals surface area contributed by atoms with Crippen LogP contribution in [-0.2, 0) is 6.42 Å². The van der Waals surface area contributed by atoms with Crippen molar-refractivity contribution in [2.75, 3.05) is 25.0 Å². The molecule has 0 saturated carbocycles. The van der Waals surface area contributed by atoms with Gasteiger partial charge in [-0.25, -0.2) is 0 Å². The van der Waals surface area contributed by atoms with E-state index in [1.165, 1.54) is 0 Å². The van der Waals surface area contributed by atoms with Crippen LogP contribution < -0.4 is 10.6 Å². The lowest BCUT2D eigenvalue weighted by Gasteiger charge is -2.18. The van der Waals surface area contributed by atoms with Crippen LogP contribution in [0.4, 0.5) is 19.2 Å². The molecule has 1 heterocycles. The van der Waals surface area contributed by atoms with Gasteiger partial charge in [0, 0.05) is 32.0 Å². The highest BCUT2D eigenvalue weighted by molar-refractivity contribution is 5.20. The van der Waals surface area contributed by atoms with Gasteiger partial charge in [-0.15, -0.1) is 0 Å². The molecule has 0 spiro atoms. The fourth-order valence-electron chi connectivity index (χ4n) is 2.19. The van der Waals surface area contributed by atoms with Crippen LogP contribution in [-0.4, -0.2) is 36.0 Å². The van der Waals surface area contributed by atoms with Crippen LogP contribution >= 0.6 is 0 Å². The second-order valence-electron chi connectivity index (χ2n) is 5.35. The lowest BCUT2D eigenvalue weighted by atomic mass is 9.89. The molecule has 1 aliphatic rings. The van der Waals surface area contributed by atoms with Gasteiger partial charge < -0.3 is 15.2 Å². The molecule has 0 fully saturated rings. The lowest BCUT2D eigenvalue weighted by molar-refractivity contribution is -0.134. The number of nitriles is 1. The van der Waals surface area contributed by atoms with Gasteiger partial charge in [0.25, 0.3) is 0 Å². The van der Waals surface area contributed by atoms with Crippen molar-refractivity contribution in [1.82, 2.24) is 15.5 Å². The van der Waals surface area contributed by atoms with Crippen LogP contribution in [0.2, 0.25) is 0 Å². The van der Waals surface area contributed by atoms with Crippen molar-refractivity contribution in [3.8, 4) is 6.07 Å². The molecule has 9 heteroatoms. The van der Waals surface area contributed by atoms with E-state index in [4.69, 9.17) is 9.78 Å². The molecule has 1 aromatic rings. The second kappa shape index (κ2) is 8.49. The standard InChI is InChI=1S/C15H18F3N5O/c16-15(17,18)6-5-13-22-14(24-23-13)21-8-7-20-10-12-4-2-1-3-11(12)9-19/h1-4,11-12,20H,5-8,10H2,(H,21,22,23). The number of aromatic nitrogens is 2. The summed E-state index contributed by atoms with van der Waals surface area (Å²) in [5.41, 5.74) is 0. The second-order valence-corrected chi connectivity index (χ2v) is 5.35. The van der Waals surface area contributed by atoms with Crippen LogP contribution in [0.5, 0.6) is 0 Å². The van der Waals surface area contributed by atoms with Gasteiger partial charge >= 0.3 is 12.2 Å². The molecule has 2 rings (SSSR count). The Morgan fingerprint density at radius 3 is 2.79 bits per heavy atom. The van der Waals surface area contributed by atoms with Crippen molar-refractivity contribution in [2.45, 2.75) is 19.0 Å². The Hall–Kier alpha value is -2.34. The van der Waals surface area contributed by atoms with Crippen molar-refractivity contribution in [3.05, 3.63) is 30.1 Å².